The number of hydrogen-bond donors (Lipinski definition) is 2. The molecule has 0 aliphatic heterocycles. The van der Waals surface area contributed by atoms with E-state index in [0.29, 0.717) is 11.3 Å². The van der Waals surface area contributed by atoms with Crippen LogP contribution in [-0.2, 0) is 24.7 Å². The number of benzene rings is 1. The van der Waals surface area contributed by atoms with Crippen molar-refractivity contribution in [2.45, 2.75) is 21.3 Å². The maximum absolute atomic E-state index is 13.1. The van der Waals surface area contributed by atoms with Gasteiger partial charge in [0.25, 0.3) is 0 Å². The summed E-state index contributed by atoms with van der Waals surface area (Å²) in [5, 5.41) is 3.06. The van der Waals surface area contributed by atoms with E-state index in [1.165, 1.54) is 49.6 Å². The summed E-state index contributed by atoms with van der Waals surface area (Å²) in [4.78, 5) is 15.0. The van der Waals surface area contributed by atoms with Gasteiger partial charge >= 0.3 is 0 Å². The Kier molecular flexibility index (Phi) is 6.66. The first-order valence-corrected chi connectivity index (χ1v) is 12.7. The molecule has 0 radical (unpaired) electrons. The summed E-state index contributed by atoms with van der Waals surface area (Å²) < 4.78 is 54.2. The Balaban J connectivity index is 1.86. The van der Waals surface area contributed by atoms with Crippen LogP contribution >= 0.6 is 11.3 Å². The molecule has 1 aromatic carbocycles. The average molecular weight is 466 g/mol. The van der Waals surface area contributed by atoms with E-state index in [1.54, 1.807) is 23.6 Å². The Labute approximate surface area is 179 Å². The molecule has 2 N–H and O–H groups in total. The SMILES string of the molecule is CC(=O)Nc1ccc(S(=O)(=O)NC[C@@H](c2cccnc2)S(=O)(=O)c2cccs2)cc1. The number of pyridine rings is 1. The highest BCUT2D eigenvalue weighted by Gasteiger charge is 2.31. The summed E-state index contributed by atoms with van der Waals surface area (Å²) in [5.74, 6) is -0.276. The van der Waals surface area contributed by atoms with Crippen LogP contribution in [0.1, 0.15) is 17.7 Å². The number of anilines is 1. The first-order valence-electron chi connectivity index (χ1n) is 8.75. The van der Waals surface area contributed by atoms with Crippen molar-refractivity contribution in [3.63, 3.8) is 0 Å². The third-order valence-electron chi connectivity index (χ3n) is 4.15. The van der Waals surface area contributed by atoms with Crippen molar-refractivity contribution in [1.29, 1.82) is 0 Å². The maximum Gasteiger partial charge on any atom is 0.240 e. The third kappa shape index (κ3) is 5.11. The molecular formula is C19H19N3O5S3. The van der Waals surface area contributed by atoms with Crippen LogP contribution in [0.25, 0.3) is 0 Å². The van der Waals surface area contributed by atoms with Crippen LogP contribution in [0.2, 0.25) is 0 Å². The molecule has 0 aliphatic carbocycles. The Bertz CT molecular complexity index is 1210. The first kappa shape index (κ1) is 22.1. The molecule has 0 bridgehead atoms. The smallest absolute Gasteiger partial charge is 0.240 e. The largest absolute Gasteiger partial charge is 0.326 e. The minimum atomic E-state index is -3.98. The van der Waals surface area contributed by atoms with Gasteiger partial charge in [0.15, 0.2) is 9.84 Å². The van der Waals surface area contributed by atoms with Crippen molar-refractivity contribution in [2.24, 2.45) is 0 Å². The molecule has 0 saturated carbocycles. The van der Waals surface area contributed by atoms with Gasteiger partial charge in [0.05, 0.1) is 4.90 Å². The fourth-order valence-corrected chi connectivity index (χ4v) is 6.73. The Morgan fingerprint density at radius 1 is 1.07 bits per heavy atom. The highest BCUT2D eigenvalue weighted by molar-refractivity contribution is 7.93. The van der Waals surface area contributed by atoms with Gasteiger partial charge in [-0.1, -0.05) is 12.1 Å². The number of nitrogens with zero attached hydrogens (tertiary/aromatic N) is 1. The molecular weight excluding hydrogens is 446 g/mol. The van der Waals surface area contributed by atoms with Gasteiger partial charge in [0.2, 0.25) is 15.9 Å². The van der Waals surface area contributed by atoms with Crippen molar-refractivity contribution in [2.75, 3.05) is 11.9 Å². The lowest BCUT2D eigenvalue weighted by Crippen LogP contribution is -2.32. The molecule has 8 nitrogen and oxygen atoms in total. The van der Waals surface area contributed by atoms with E-state index in [4.69, 9.17) is 0 Å². The van der Waals surface area contributed by atoms with Gasteiger partial charge in [-0.2, -0.15) is 0 Å². The lowest BCUT2D eigenvalue weighted by atomic mass is 10.2. The lowest BCUT2D eigenvalue weighted by Gasteiger charge is -2.18. The lowest BCUT2D eigenvalue weighted by molar-refractivity contribution is -0.114. The molecule has 0 unspecified atom stereocenters. The van der Waals surface area contributed by atoms with Crippen LogP contribution in [-0.4, -0.2) is 34.3 Å². The van der Waals surface area contributed by atoms with E-state index < -0.39 is 25.1 Å². The van der Waals surface area contributed by atoms with Crippen LogP contribution in [0.4, 0.5) is 5.69 Å². The molecule has 1 atom stereocenters. The molecule has 0 spiro atoms. The third-order valence-corrected chi connectivity index (χ3v) is 9.12. The normalized spacial score (nSPS) is 13.0. The number of thiophene rings is 1. The van der Waals surface area contributed by atoms with E-state index in [9.17, 15) is 21.6 Å². The molecule has 11 heteroatoms. The van der Waals surface area contributed by atoms with E-state index in [-0.39, 0.29) is 21.6 Å². The van der Waals surface area contributed by atoms with E-state index in [0.717, 1.165) is 11.3 Å². The van der Waals surface area contributed by atoms with Gasteiger partial charge in [0.1, 0.15) is 9.46 Å². The Hall–Kier alpha value is -2.60. The predicted molar refractivity (Wildman–Crippen MR) is 114 cm³/mol. The van der Waals surface area contributed by atoms with Crippen molar-refractivity contribution in [3.8, 4) is 0 Å². The predicted octanol–water partition coefficient (Wildman–Crippen LogP) is 2.60. The van der Waals surface area contributed by atoms with Gasteiger partial charge in [-0.05, 0) is 47.3 Å². The number of sulfone groups is 1. The summed E-state index contributed by atoms with van der Waals surface area (Å²) in [6, 6.07) is 11.9. The monoisotopic (exact) mass is 465 g/mol. The maximum atomic E-state index is 13.1. The number of carbonyl (C=O) groups is 1. The van der Waals surface area contributed by atoms with Crippen LogP contribution < -0.4 is 10.0 Å². The van der Waals surface area contributed by atoms with Crippen molar-refractivity contribution >= 4 is 42.8 Å². The second-order valence-electron chi connectivity index (χ2n) is 6.31. The van der Waals surface area contributed by atoms with Crippen molar-refractivity contribution in [3.05, 3.63) is 71.9 Å². The molecule has 30 heavy (non-hydrogen) atoms. The van der Waals surface area contributed by atoms with Crippen molar-refractivity contribution in [1.82, 2.24) is 9.71 Å². The molecule has 158 valence electrons. The summed E-state index contributed by atoms with van der Waals surface area (Å²) in [6.07, 6.45) is 2.92. The highest BCUT2D eigenvalue weighted by Crippen LogP contribution is 2.31. The van der Waals surface area contributed by atoms with Crippen molar-refractivity contribution < 1.29 is 21.6 Å². The second-order valence-corrected chi connectivity index (χ2v) is 11.4. The number of amides is 1. The topological polar surface area (TPSA) is 122 Å². The van der Waals surface area contributed by atoms with Gasteiger partial charge in [-0.15, -0.1) is 11.3 Å². The number of aromatic nitrogens is 1. The molecule has 3 aromatic rings. The number of hydrogen-bond acceptors (Lipinski definition) is 7. The zero-order valence-corrected chi connectivity index (χ0v) is 18.3. The van der Waals surface area contributed by atoms with Gasteiger partial charge in [-0.3, -0.25) is 9.78 Å². The number of rotatable bonds is 8. The number of nitrogens with one attached hydrogen (secondary N) is 2. The van der Waals surface area contributed by atoms with Gasteiger partial charge in [-0.25, -0.2) is 21.6 Å². The molecule has 2 aromatic heterocycles. The summed E-state index contributed by atoms with van der Waals surface area (Å²) in [6.45, 7) is 0.987. The average Bonchev–Trinajstić information content (AvgIpc) is 3.24. The van der Waals surface area contributed by atoms with E-state index >= 15 is 0 Å². The van der Waals surface area contributed by atoms with Crippen LogP contribution in [0, 0.1) is 0 Å². The summed E-state index contributed by atoms with van der Waals surface area (Å²) in [7, 11) is -7.81. The second kappa shape index (κ2) is 9.04. The highest BCUT2D eigenvalue weighted by atomic mass is 32.2. The summed E-state index contributed by atoms with van der Waals surface area (Å²) >= 11 is 1.07. The first-order chi connectivity index (χ1) is 14.2. The molecule has 0 saturated heterocycles. The fraction of sp³-hybridized carbons (Fsp3) is 0.158. The van der Waals surface area contributed by atoms with E-state index in [1.807, 2.05) is 0 Å². The summed E-state index contributed by atoms with van der Waals surface area (Å²) in [5.41, 5.74) is 0.838. The van der Waals surface area contributed by atoms with Gasteiger partial charge < -0.3 is 5.32 Å². The van der Waals surface area contributed by atoms with E-state index in [2.05, 4.69) is 15.0 Å². The number of carbonyl (C=O) groups excluding carboxylic acids is 1. The minimum absolute atomic E-state index is 0.0462. The van der Waals surface area contributed by atoms with Crippen LogP contribution in [0.15, 0.2) is 75.4 Å². The zero-order chi connectivity index (χ0) is 21.8. The molecule has 0 aliphatic rings. The van der Waals surface area contributed by atoms with Crippen LogP contribution in [0.3, 0.4) is 0 Å². The number of sulfonamides is 1. The van der Waals surface area contributed by atoms with Crippen LogP contribution in [0.5, 0.6) is 0 Å². The molecule has 1 amide bonds. The Morgan fingerprint density at radius 3 is 2.37 bits per heavy atom. The fourth-order valence-electron chi connectivity index (χ4n) is 2.73. The minimum Gasteiger partial charge on any atom is -0.326 e. The Morgan fingerprint density at radius 2 is 1.80 bits per heavy atom. The quantitative estimate of drug-likeness (QED) is 0.527. The standard InChI is InChI=1S/C19H19N3O5S3/c1-14(23)22-16-6-8-17(9-7-16)30(26,27)21-13-18(15-4-2-10-20-12-15)29(24,25)19-5-3-11-28-19/h2-12,18,21H,13H2,1H3,(H,22,23)/t18-/m0/s1. The van der Waals surface area contributed by atoms with Gasteiger partial charge in [0, 0.05) is 31.5 Å². The molecule has 0 fully saturated rings. The molecule has 3 rings (SSSR count). The zero-order valence-electron chi connectivity index (χ0n) is 15.8. The molecule has 2 heterocycles.